The van der Waals surface area contributed by atoms with Gasteiger partial charge in [-0.1, -0.05) is 30.3 Å². The van der Waals surface area contributed by atoms with Crippen molar-refractivity contribution < 1.29 is 29.4 Å². The normalized spacial score (nSPS) is 14.0. The summed E-state index contributed by atoms with van der Waals surface area (Å²) >= 11 is 0. The van der Waals surface area contributed by atoms with Gasteiger partial charge in [-0.15, -0.1) is 0 Å². The molecule has 0 fully saturated rings. The van der Waals surface area contributed by atoms with Gasteiger partial charge in [-0.25, -0.2) is 4.79 Å². The third-order valence-electron chi connectivity index (χ3n) is 4.16. The Hall–Kier alpha value is -2.94. The van der Waals surface area contributed by atoms with Crippen molar-refractivity contribution in [2.45, 2.75) is 44.2 Å². The summed E-state index contributed by atoms with van der Waals surface area (Å²) in [4.78, 5) is 45.5. The van der Waals surface area contributed by atoms with Gasteiger partial charge in [0.2, 0.25) is 11.8 Å². The van der Waals surface area contributed by atoms with Crippen LogP contribution >= 0.6 is 0 Å². The van der Waals surface area contributed by atoms with Gasteiger partial charge in [0.25, 0.3) is 0 Å². The van der Waals surface area contributed by atoms with E-state index in [0.29, 0.717) is 12.8 Å². The van der Waals surface area contributed by atoms with Crippen LogP contribution in [0.25, 0.3) is 0 Å². The molecule has 148 valence electrons. The molecule has 9 heteroatoms. The lowest BCUT2D eigenvalue weighted by Crippen LogP contribution is -2.49. The van der Waals surface area contributed by atoms with Crippen molar-refractivity contribution in [2.24, 2.45) is 17.4 Å². The molecule has 0 aliphatic heterocycles. The molecule has 0 bridgehead atoms. The highest BCUT2D eigenvalue weighted by molar-refractivity contribution is 5.87. The van der Waals surface area contributed by atoms with Crippen LogP contribution in [0.15, 0.2) is 30.3 Å². The van der Waals surface area contributed by atoms with Crippen LogP contribution in [-0.2, 0) is 25.6 Å². The van der Waals surface area contributed by atoms with Gasteiger partial charge in [0.05, 0.1) is 6.04 Å². The second-order valence-corrected chi connectivity index (χ2v) is 6.30. The smallest absolute Gasteiger partial charge is 0.326 e. The fourth-order valence-corrected chi connectivity index (χ4v) is 2.58. The second kappa shape index (κ2) is 10.9. The quantitative estimate of drug-likeness (QED) is 0.336. The number of aryl methyl sites for hydroxylation is 1. The fourth-order valence-electron chi connectivity index (χ4n) is 2.58. The standard InChI is InChI=1S/C18H25N3O6/c19-13(17(25)21-14(18(26)27)8-9-15(22)23)10-12(16(20)24)7-6-11-4-2-1-3-5-11/h1-5,12-14H,6-10,19H2,(H2,20,24)(H,21,25)(H,22,23)(H,26,27)/t12?,13-,14+/m1/s1. The van der Waals surface area contributed by atoms with E-state index >= 15 is 0 Å². The Bertz CT molecular complexity index is 664. The van der Waals surface area contributed by atoms with Crippen molar-refractivity contribution >= 4 is 23.8 Å². The highest BCUT2D eigenvalue weighted by Gasteiger charge is 2.27. The molecule has 27 heavy (non-hydrogen) atoms. The number of hydrogen-bond acceptors (Lipinski definition) is 5. The lowest BCUT2D eigenvalue weighted by molar-refractivity contribution is -0.143. The molecule has 9 nitrogen and oxygen atoms in total. The largest absolute Gasteiger partial charge is 0.481 e. The lowest BCUT2D eigenvalue weighted by Gasteiger charge is -2.20. The van der Waals surface area contributed by atoms with Gasteiger partial charge in [0.15, 0.2) is 0 Å². The van der Waals surface area contributed by atoms with E-state index in [9.17, 15) is 19.2 Å². The van der Waals surface area contributed by atoms with Crippen LogP contribution in [0.1, 0.15) is 31.2 Å². The maximum absolute atomic E-state index is 12.1. The fraction of sp³-hybridized carbons (Fsp3) is 0.444. The van der Waals surface area contributed by atoms with Crippen LogP contribution in [0.4, 0.5) is 0 Å². The Balaban J connectivity index is 2.61. The van der Waals surface area contributed by atoms with E-state index in [2.05, 4.69) is 5.32 Å². The average molecular weight is 379 g/mol. The molecular formula is C18H25N3O6. The minimum absolute atomic E-state index is 0.0285. The number of carboxylic acid groups (broad SMARTS) is 2. The van der Waals surface area contributed by atoms with Gasteiger partial charge in [-0.2, -0.15) is 0 Å². The predicted octanol–water partition coefficient (Wildman–Crippen LogP) is -0.128. The van der Waals surface area contributed by atoms with Crippen LogP contribution in [0.5, 0.6) is 0 Å². The first kappa shape index (κ1) is 22.1. The SMILES string of the molecule is NC(=O)C(CCc1ccccc1)C[C@@H](N)C(=O)N[C@@H](CCC(=O)O)C(=O)O. The third-order valence-corrected chi connectivity index (χ3v) is 4.16. The first-order valence-corrected chi connectivity index (χ1v) is 8.54. The van der Waals surface area contributed by atoms with Gasteiger partial charge in [0.1, 0.15) is 6.04 Å². The highest BCUT2D eigenvalue weighted by atomic mass is 16.4. The van der Waals surface area contributed by atoms with E-state index < -0.39 is 48.2 Å². The molecule has 1 aromatic carbocycles. The highest BCUT2D eigenvalue weighted by Crippen LogP contribution is 2.15. The van der Waals surface area contributed by atoms with Crippen molar-refractivity contribution in [3.8, 4) is 0 Å². The Morgan fingerprint density at radius 1 is 1.04 bits per heavy atom. The van der Waals surface area contributed by atoms with Crippen molar-refractivity contribution in [3.05, 3.63) is 35.9 Å². The zero-order valence-electron chi connectivity index (χ0n) is 14.8. The van der Waals surface area contributed by atoms with E-state index in [-0.39, 0.29) is 12.8 Å². The third kappa shape index (κ3) is 8.32. The Morgan fingerprint density at radius 2 is 1.67 bits per heavy atom. The summed E-state index contributed by atoms with van der Waals surface area (Å²) in [5.74, 6) is -4.52. The number of primary amides is 1. The Morgan fingerprint density at radius 3 is 2.19 bits per heavy atom. The summed E-state index contributed by atoms with van der Waals surface area (Å²) < 4.78 is 0. The number of rotatable bonds is 12. The number of carbonyl (C=O) groups is 4. The summed E-state index contributed by atoms with van der Waals surface area (Å²) in [7, 11) is 0. The van der Waals surface area contributed by atoms with Crippen molar-refractivity contribution in [3.63, 3.8) is 0 Å². The molecule has 1 unspecified atom stereocenters. The topological polar surface area (TPSA) is 173 Å². The summed E-state index contributed by atoms with van der Waals surface area (Å²) in [5, 5.41) is 19.9. The van der Waals surface area contributed by atoms with Gasteiger partial charge in [-0.3, -0.25) is 14.4 Å². The molecule has 0 aliphatic carbocycles. The predicted molar refractivity (Wildman–Crippen MR) is 96.5 cm³/mol. The molecule has 0 radical (unpaired) electrons. The molecule has 0 spiro atoms. The van der Waals surface area contributed by atoms with Crippen LogP contribution < -0.4 is 16.8 Å². The molecule has 1 aromatic rings. The number of hydrogen-bond donors (Lipinski definition) is 5. The molecular weight excluding hydrogens is 354 g/mol. The van der Waals surface area contributed by atoms with Crippen LogP contribution in [0, 0.1) is 5.92 Å². The first-order valence-electron chi connectivity index (χ1n) is 8.54. The summed E-state index contributed by atoms with van der Waals surface area (Å²) in [6.45, 7) is 0. The minimum Gasteiger partial charge on any atom is -0.481 e. The van der Waals surface area contributed by atoms with Crippen LogP contribution in [0.3, 0.4) is 0 Å². The van der Waals surface area contributed by atoms with E-state index in [1.54, 1.807) is 0 Å². The molecule has 0 aliphatic rings. The average Bonchev–Trinajstić information content (AvgIpc) is 2.61. The van der Waals surface area contributed by atoms with Crippen molar-refractivity contribution in [1.29, 1.82) is 0 Å². The minimum atomic E-state index is -1.36. The van der Waals surface area contributed by atoms with Crippen molar-refractivity contribution in [2.75, 3.05) is 0 Å². The summed E-state index contributed by atoms with van der Waals surface area (Å²) in [5.41, 5.74) is 12.2. The lowest BCUT2D eigenvalue weighted by atomic mass is 9.92. The van der Waals surface area contributed by atoms with Crippen molar-refractivity contribution in [1.82, 2.24) is 5.32 Å². The van der Waals surface area contributed by atoms with Crippen LogP contribution in [-0.4, -0.2) is 46.0 Å². The number of carbonyl (C=O) groups excluding carboxylic acids is 2. The van der Waals surface area contributed by atoms with Crippen LogP contribution in [0.2, 0.25) is 0 Å². The molecule has 0 aromatic heterocycles. The van der Waals surface area contributed by atoms with E-state index in [0.717, 1.165) is 5.56 Å². The number of benzene rings is 1. The maximum atomic E-state index is 12.1. The maximum Gasteiger partial charge on any atom is 0.326 e. The van der Waals surface area contributed by atoms with Gasteiger partial charge in [0, 0.05) is 12.3 Å². The number of amides is 2. The Labute approximate surface area is 156 Å². The molecule has 7 N–H and O–H groups in total. The van der Waals surface area contributed by atoms with E-state index in [1.165, 1.54) is 0 Å². The summed E-state index contributed by atoms with van der Waals surface area (Å²) in [6, 6.07) is 6.93. The molecule has 0 saturated heterocycles. The first-order chi connectivity index (χ1) is 12.7. The number of aliphatic carboxylic acids is 2. The van der Waals surface area contributed by atoms with Gasteiger partial charge < -0.3 is 27.0 Å². The van der Waals surface area contributed by atoms with Gasteiger partial charge >= 0.3 is 11.9 Å². The molecule has 0 saturated carbocycles. The zero-order chi connectivity index (χ0) is 20.4. The molecule has 2 amide bonds. The molecule has 3 atom stereocenters. The monoisotopic (exact) mass is 379 g/mol. The van der Waals surface area contributed by atoms with Gasteiger partial charge in [-0.05, 0) is 31.2 Å². The number of carboxylic acids is 2. The zero-order valence-corrected chi connectivity index (χ0v) is 14.8. The van der Waals surface area contributed by atoms with E-state index in [1.807, 2.05) is 30.3 Å². The molecule has 0 heterocycles. The summed E-state index contributed by atoms with van der Waals surface area (Å²) in [6.07, 6.45) is 0.282. The Kier molecular flexibility index (Phi) is 8.94. The van der Waals surface area contributed by atoms with E-state index in [4.69, 9.17) is 21.7 Å². The number of nitrogens with one attached hydrogen (secondary N) is 1. The second-order valence-electron chi connectivity index (χ2n) is 6.30. The number of nitrogens with two attached hydrogens (primary N) is 2. The molecule has 1 rings (SSSR count).